The van der Waals surface area contributed by atoms with E-state index >= 15 is 0 Å². The maximum atomic E-state index is 13.7. The van der Waals surface area contributed by atoms with Gasteiger partial charge in [-0.15, -0.1) is 0 Å². The molecule has 0 spiro atoms. The second-order valence-corrected chi connectivity index (χ2v) is 36.5. The summed E-state index contributed by atoms with van der Waals surface area (Å²) in [7, 11) is -5.08. The molecule has 0 unspecified atom stereocenters. The predicted molar refractivity (Wildman–Crippen MR) is 428 cm³/mol. The van der Waals surface area contributed by atoms with E-state index in [2.05, 4.69) is 99.8 Å². The summed E-state index contributed by atoms with van der Waals surface area (Å²) in [6.45, 7) is 21.0. The van der Waals surface area contributed by atoms with Crippen LogP contribution in [0.2, 0.25) is 38.3 Å². The van der Waals surface area contributed by atoms with E-state index in [9.17, 15) is 57.5 Å². The van der Waals surface area contributed by atoms with Crippen molar-refractivity contribution < 1.29 is 61.6 Å². The van der Waals surface area contributed by atoms with Crippen LogP contribution in [-0.2, 0) is 61.6 Å². The summed E-state index contributed by atoms with van der Waals surface area (Å²) in [5.41, 5.74) is 44.6. The second-order valence-electron chi connectivity index (χ2n) is 27.7. The maximum Gasteiger partial charge on any atom is 0.221 e. The number of hydrogen-bond donors (Lipinski definition) is 20. The number of nitrogens with zero attached hydrogens (tertiary/aromatic N) is 6. The van der Waals surface area contributed by atoms with Gasteiger partial charge in [-0.1, -0.05) is 0 Å². The molecule has 41 heteroatoms. The molecule has 0 atom stereocenters. The molecule has 0 rings (SSSR count). The molecule has 12 amide bonds. The monoisotopic (exact) mass is 1590 g/mol. The van der Waals surface area contributed by atoms with Gasteiger partial charge in [0.2, 0.25) is 70.9 Å². The van der Waals surface area contributed by atoms with Gasteiger partial charge in [-0.3, -0.25) is 57.5 Å². The van der Waals surface area contributed by atoms with Crippen molar-refractivity contribution in [2.24, 2.45) is 45.9 Å². The number of nitrogens with one attached hydrogen (secondary N) is 12. The number of amides is 12. The summed E-state index contributed by atoms with van der Waals surface area (Å²) in [4.78, 5) is 167. The Labute approximate surface area is 649 Å². The molecule has 0 aromatic rings. The zero-order valence-electron chi connectivity index (χ0n) is 66.4. The van der Waals surface area contributed by atoms with Crippen LogP contribution in [0, 0.1) is 0 Å². The molecule has 0 saturated heterocycles. The van der Waals surface area contributed by atoms with Crippen molar-refractivity contribution in [2.75, 3.05) is 249 Å². The third-order valence-electron chi connectivity index (χ3n) is 17.2. The molecular formula is C68H144N26O13Si2. The smallest absolute Gasteiger partial charge is 0.221 e. The summed E-state index contributed by atoms with van der Waals surface area (Å²) in [6, 6.07) is 1.27. The average molecular weight is 1590 g/mol. The molecule has 0 bridgehead atoms. The highest BCUT2D eigenvalue weighted by atomic mass is 28.4. The molecule has 0 aliphatic rings. The molecular weight excluding hydrogens is 1450 g/mol. The first-order valence-electron chi connectivity index (χ1n) is 39.0. The maximum absolute atomic E-state index is 13.7. The number of carbonyl (C=O) groups excluding carboxylic acids is 12. The largest absolute Gasteiger partial charge is 0.455 e. The average Bonchev–Trinajstić information content (AvgIpc) is 0.857. The lowest BCUT2D eigenvalue weighted by molar-refractivity contribution is -0.123. The van der Waals surface area contributed by atoms with E-state index in [1.54, 1.807) is 0 Å². The molecule has 28 N–H and O–H groups in total. The van der Waals surface area contributed by atoms with Crippen molar-refractivity contribution in [3.63, 3.8) is 0 Å². The van der Waals surface area contributed by atoms with Crippen LogP contribution in [-0.4, -0.2) is 366 Å². The standard InChI is InChI=1S/C68H144N26O13Si2/c1-108(2,55-53-93(45-13-65(103)85-33-49-89(37-5-57(95)77-25-17-69)38-6-58(96)78-26-18-70)46-14-66(104)86-34-50-90(39-7-59(97)79-27-19-71)40-8-60(98)80-28-20-72)107-109(3,4)56-54-94(47-15-67(105)87-35-51-91(41-9-61(99)81-29-21-73)42-10-62(100)82-30-22-74)48-16-68(106)88-36-52-92(43-11-63(101)83-31-23-75)44-12-64(102)84-32-24-76/h5-56,69-76H2,1-4H3,(H,77,95)(H,78,96)(H,79,97)(H,80,98)(H,81,99)(H,82,100)(H,83,101)(H,84,102)(H,85,103)(H,86,104)(H,87,105)(H,88,106). The van der Waals surface area contributed by atoms with Gasteiger partial charge in [-0.05, 0) is 51.4 Å². The quantitative estimate of drug-likeness (QED) is 0.0252. The molecule has 0 saturated carbocycles. The highest BCUT2D eigenvalue weighted by molar-refractivity contribution is 6.84. The molecule has 0 aromatic carbocycles. The van der Waals surface area contributed by atoms with Crippen molar-refractivity contribution >= 4 is 87.5 Å². The van der Waals surface area contributed by atoms with Crippen molar-refractivity contribution in [1.82, 2.24) is 93.2 Å². The van der Waals surface area contributed by atoms with E-state index in [-0.39, 0.29) is 174 Å². The third-order valence-corrected chi connectivity index (χ3v) is 24.5. The summed E-state index contributed by atoms with van der Waals surface area (Å²) in [5, 5.41) is 34.0. The fourth-order valence-electron chi connectivity index (χ4n) is 11.0. The van der Waals surface area contributed by atoms with Gasteiger partial charge in [0.25, 0.3) is 0 Å². The minimum atomic E-state index is -2.54. The van der Waals surface area contributed by atoms with Crippen LogP contribution in [0.4, 0.5) is 0 Å². The Kier molecular flexibility index (Phi) is 62.2. The first kappa shape index (κ1) is 102. The number of nitrogens with two attached hydrogens (primary N) is 8. The molecule has 0 aliphatic heterocycles. The van der Waals surface area contributed by atoms with Gasteiger partial charge >= 0.3 is 0 Å². The Morgan fingerprint density at radius 1 is 0.202 bits per heavy atom. The molecule has 39 nitrogen and oxygen atoms in total. The molecule has 0 aromatic heterocycles. The van der Waals surface area contributed by atoms with Crippen LogP contribution in [0.1, 0.15) is 77.0 Å². The Hall–Kier alpha value is -6.53. The molecule has 0 fully saturated rings. The van der Waals surface area contributed by atoms with Crippen LogP contribution < -0.4 is 110 Å². The molecule has 0 radical (unpaired) electrons. The van der Waals surface area contributed by atoms with Gasteiger partial charge in [-0.25, -0.2) is 0 Å². The molecule has 0 heterocycles. The number of rotatable bonds is 72. The van der Waals surface area contributed by atoms with Crippen molar-refractivity contribution in [3.8, 4) is 0 Å². The van der Waals surface area contributed by atoms with Crippen LogP contribution in [0.15, 0.2) is 0 Å². The van der Waals surface area contributed by atoms with Crippen LogP contribution in [0.25, 0.3) is 0 Å². The Morgan fingerprint density at radius 2 is 0.321 bits per heavy atom. The summed E-state index contributed by atoms with van der Waals surface area (Å²) >= 11 is 0. The normalized spacial score (nSPS) is 11.6. The number of carbonyl (C=O) groups is 12. The molecule has 0 aliphatic carbocycles. The van der Waals surface area contributed by atoms with Gasteiger partial charge in [-0.2, -0.15) is 0 Å². The highest BCUT2D eigenvalue weighted by Gasteiger charge is 2.34. The number of hydrogen-bond acceptors (Lipinski definition) is 27. The fraction of sp³-hybridized carbons (Fsp3) is 0.824. The highest BCUT2D eigenvalue weighted by Crippen LogP contribution is 2.23. The SMILES string of the molecule is C[Si](C)(CCN(CCC(=O)NCCN(CCC(=O)NCCN)CCC(=O)NCCN)CCC(=O)NCCN(CCC(=O)NCCN)CCC(=O)NCCN)O[Si](C)(C)CCN(CCC(=O)NCCN(CCC(=O)NCCN)CCC(=O)NCCN)CCC(=O)NCCN(CCC(=O)NCCN)CCC(=O)NCCN. The Morgan fingerprint density at radius 3 is 0.450 bits per heavy atom. The summed E-state index contributed by atoms with van der Waals surface area (Å²) in [6.07, 6.45) is 1.74. The van der Waals surface area contributed by atoms with Crippen LogP contribution >= 0.6 is 0 Å². The summed E-state index contributed by atoms with van der Waals surface area (Å²) in [5.74, 6) is -2.39. The van der Waals surface area contributed by atoms with Crippen LogP contribution in [0.3, 0.4) is 0 Å². The Bertz CT molecular complexity index is 2150. The minimum absolute atomic E-state index is 0.0985. The van der Waals surface area contributed by atoms with Gasteiger partial charge in [0, 0.05) is 313 Å². The zero-order valence-corrected chi connectivity index (χ0v) is 68.4. The van der Waals surface area contributed by atoms with Gasteiger partial charge in [0.05, 0.1) is 0 Å². The van der Waals surface area contributed by atoms with E-state index in [0.29, 0.717) is 235 Å². The van der Waals surface area contributed by atoms with Crippen molar-refractivity contribution in [3.05, 3.63) is 0 Å². The molecule has 632 valence electrons. The Balaban J connectivity index is 6.71. The second kappa shape index (κ2) is 66.1. The van der Waals surface area contributed by atoms with E-state index in [1.165, 1.54) is 0 Å². The van der Waals surface area contributed by atoms with Crippen molar-refractivity contribution in [1.29, 1.82) is 0 Å². The van der Waals surface area contributed by atoms with E-state index in [4.69, 9.17) is 50.0 Å². The van der Waals surface area contributed by atoms with Crippen LogP contribution in [0.5, 0.6) is 0 Å². The predicted octanol–water partition coefficient (Wildman–Crippen LogP) is -9.03. The lowest BCUT2D eigenvalue weighted by Crippen LogP contribution is -2.48. The topological polar surface area (TPSA) is 586 Å². The van der Waals surface area contributed by atoms with E-state index in [1.807, 2.05) is 19.6 Å². The summed E-state index contributed by atoms with van der Waals surface area (Å²) < 4.78 is 7.21. The lowest BCUT2D eigenvalue weighted by Gasteiger charge is -2.36. The first-order chi connectivity index (χ1) is 52.1. The van der Waals surface area contributed by atoms with Gasteiger partial charge in [0.1, 0.15) is 0 Å². The minimum Gasteiger partial charge on any atom is -0.455 e. The lowest BCUT2D eigenvalue weighted by atomic mass is 10.3. The fourth-order valence-corrected chi connectivity index (χ4v) is 19.5. The first-order valence-corrected chi connectivity index (χ1v) is 45.2. The third kappa shape index (κ3) is 61.8. The van der Waals surface area contributed by atoms with Crippen molar-refractivity contribution in [2.45, 2.75) is 115 Å². The van der Waals surface area contributed by atoms with Gasteiger partial charge in [0.15, 0.2) is 16.6 Å². The van der Waals surface area contributed by atoms with E-state index in [0.717, 1.165) is 0 Å². The van der Waals surface area contributed by atoms with E-state index < -0.39 is 16.6 Å². The van der Waals surface area contributed by atoms with Gasteiger partial charge < -0.3 is 143 Å². The molecule has 109 heavy (non-hydrogen) atoms. The zero-order chi connectivity index (χ0) is 81.4.